The van der Waals surface area contributed by atoms with Crippen LogP contribution in [-0.2, 0) is 33.8 Å². The summed E-state index contributed by atoms with van der Waals surface area (Å²) in [6.07, 6.45) is 0.450. The van der Waals surface area contributed by atoms with Gasteiger partial charge in [0.2, 0.25) is 5.91 Å². The van der Waals surface area contributed by atoms with Crippen LogP contribution >= 0.6 is 23.4 Å². The fraction of sp³-hybridized carbons (Fsp3) is 0.304. The van der Waals surface area contributed by atoms with E-state index < -0.39 is 12.0 Å². The van der Waals surface area contributed by atoms with Crippen LogP contribution in [0.15, 0.2) is 53.7 Å². The molecular formula is C23H23ClN4O3S. The molecule has 4 rings (SSSR count). The van der Waals surface area contributed by atoms with Crippen molar-refractivity contribution in [1.29, 1.82) is 0 Å². The summed E-state index contributed by atoms with van der Waals surface area (Å²) in [7, 11) is 1.35. The number of ether oxygens (including phenoxy) is 1. The Morgan fingerprint density at radius 2 is 1.84 bits per heavy atom. The molecule has 0 fully saturated rings. The topological polar surface area (TPSA) is 77.3 Å². The molecule has 0 bridgehead atoms. The van der Waals surface area contributed by atoms with Crippen molar-refractivity contribution >= 4 is 35.2 Å². The Kier molecular flexibility index (Phi) is 6.81. The van der Waals surface area contributed by atoms with Gasteiger partial charge in [0, 0.05) is 30.1 Å². The Bertz CT molecular complexity index is 1130. The number of carbonyl (C=O) groups is 2. The number of hydrogen-bond acceptors (Lipinski definition) is 6. The van der Waals surface area contributed by atoms with Gasteiger partial charge in [-0.15, -0.1) is 10.2 Å². The molecule has 0 saturated carbocycles. The molecule has 1 amide bonds. The standard InChI is InChI=1S/C23H23ClN4O3S/c1-3-27-21(15-8-10-18(24)11-9-15)25-26-23(27)32-14-20(29)28-13-17-7-5-4-6-16(17)12-19(28)22(30)31-2/h4-11,19H,3,12-14H2,1-2H3/t19-/m1/s1. The average Bonchev–Trinajstić information content (AvgIpc) is 3.24. The van der Waals surface area contributed by atoms with E-state index in [4.69, 9.17) is 16.3 Å². The van der Waals surface area contributed by atoms with E-state index in [-0.39, 0.29) is 11.7 Å². The molecule has 0 N–H and O–H groups in total. The molecule has 166 valence electrons. The predicted molar refractivity (Wildman–Crippen MR) is 123 cm³/mol. The Hall–Kier alpha value is -2.84. The second-order valence-corrected chi connectivity index (χ2v) is 8.76. The van der Waals surface area contributed by atoms with Crippen LogP contribution in [0.1, 0.15) is 18.1 Å². The van der Waals surface area contributed by atoms with Crippen LogP contribution in [-0.4, -0.2) is 50.4 Å². The van der Waals surface area contributed by atoms with Gasteiger partial charge in [0.05, 0.1) is 12.9 Å². The van der Waals surface area contributed by atoms with Gasteiger partial charge in [-0.2, -0.15) is 0 Å². The minimum absolute atomic E-state index is 0.140. The summed E-state index contributed by atoms with van der Waals surface area (Å²) >= 11 is 7.31. The van der Waals surface area contributed by atoms with Gasteiger partial charge in [0.1, 0.15) is 6.04 Å². The molecule has 1 aromatic heterocycles. The molecule has 1 atom stereocenters. The van der Waals surface area contributed by atoms with Crippen LogP contribution < -0.4 is 0 Å². The number of thioether (sulfide) groups is 1. The lowest BCUT2D eigenvalue weighted by atomic mass is 9.94. The lowest BCUT2D eigenvalue weighted by Crippen LogP contribution is -2.49. The van der Waals surface area contributed by atoms with E-state index in [0.29, 0.717) is 29.7 Å². The van der Waals surface area contributed by atoms with E-state index in [2.05, 4.69) is 10.2 Å². The molecule has 0 spiro atoms. The highest BCUT2D eigenvalue weighted by Gasteiger charge is 2.35. The monoisotopic (exact) mass is 470 g/mol. The number of halogens is 1. The van der Waals surface area contributed by atoms with Gasteiger partial charge in [0.25, 0.3) is 0 Å². The SMILES string of the molecule is CCn1c(SCC(=O)N2Cc3ccccc3C[C@@H]2C(=O)OC)nnc1-c1ccc(Cl)cc1. The molecule has 32 heavy (non-hydrogen) atoms. The predicted octanol–water partition coefficient (Wildman–Crippen LogP) is 3.84. The number of benzene rings is 2. The fourth-order valence-electron chi connectivity index (χ4n) is 3.83. The maximum absolute atomic E-state index is 13.2. The van der Waals surface area contributed by atoms with Gasteiger partial charge in [-0.1, -0.05) is 47.6 Å². The minimum atomic E-state index is -0.628. The highest BCUT2D eigenvalue weighted by molar-refractivity contribution is 7.99. The smallest absolute Gasteiger partial charge is 0.328 e. The summed E-state index contributed by atoms with van der Waals surface area (Å²) in [6.45, 7) is 3.04. The highest BCUT2D eigenvalue weighted by atomic mass is 35.5. The second kappa shape index (κ2) is 9.75. The Balaban J connectivity index is 1.51. The van der Waals surface area contributed by atoms with Crippen LogP contribution in [0.3, 0.4) is 0 Å². The van der Waals surface area contributed by atoms with Gasteiger partial charge in [-0.25, -0.2) is 4.79 Å². The third kappa shape index (κ3) is 4.52. The number of methoxy groups -OCH3 is 1. The van der Waals surface area contributed by atoms with Crippen molar-refractivity contribution in [3.05, 3.63) is 64.7 Å². The molecule has 0 saturated heterocycles. The van der Waals surface area contributed by atoms with E-state index in [1.165, 1.54) is 18.9 Å². The number of hydrogen-bond donors (Lipinski definition) is 0. The largest absolute Gasteiger partial charge is 0.467 e. The third-order valence-corrected chi connectivity index (χ3v) is 6.71. The number of aromatic nitrogens is 3. The summed E-state index contributed by atoms with van der Waals surface area (Å²) in [4.78, 5) is 27.1. The van der Waals surface area contributed by atoms with E-state index in [1.807, 2.05) is 60.0 Å². The Labute approximate surface area is 195 Å². The molecule has 7 nitrogen and oxygen atoms in total. The van der Waals surface area contributed by atoms with Crippen molar-refractivity contribution in [2.45, 2.75) is 37.6 Å². The molecule has 2 aromatic carbocycles. The molecular weight excluding hydrogens is 448 g/mol. The number of rotatable bonds is 6. The molecule has 1 aliphatic rings. The van der Waals surface area contributed by atoms with Crippen molar-refractivity contribution < 1.29 is 14.3 Å². The molecule has 1 aliphatic heterocycles. The van der Waals surface area contributed by atoms with Crippen LogP contribution in [0.2, 0.25) is 5.02 Å². The summed E-state index contributed by atoms with van der Waals surface area (Å²) in [5.74, 6) is 0.325. The molecule has 3 aromatic rings. The first kappa shape index (κ1) is 22.4. The van der Waals surface area contributed by atoms with E-state index in [9.17, 15) is 9.59 Å². The molecule has 9 heteroatoms. The number of esters is 1. The van der Waals surface area contributed by atoms with E-state index in [0.717, 1.165) is 22.5 Å². The Morgan fingerprint density at radius 3 is 2.53 bits per heavy atom. The maximum Gasteiger partial charge on any atom is 0.328 e. The lowest BCUT2D eigenvalue weighted by Gasteiger charge is -2.35. The zero-order valence-corrected chi connectivity index (χ0v) is 19.4. The van der Waals surface area contributed by atoms with Crippen molar-refractivity contribution in [2.75, 3.05) is 12.9 Å². The Morgan fingerprint density at radius 1 is 1.12 bits per heavy atom. The van der Waals surface area contributed by atoms with Gasteiger partial charge in [0.15, 0.2) is 11.0 Å². The molecule has 0 radical (unpaired) electrons. The van der Waals surface area contributed by atoms with Crippen LogP contribution in [0.25, 0.3) is 11.4 Å². The third-order valence-electron chi connectivity index (χ3n) is 5.50. The van der Waals surface area contributed by atoms with Gasteiger partial charge < -0.3 is 14.2 Å². The number of carbonyl (C=O) groups excluding carboxylic acids is 2. The summed E-state index contributed by atoms with van der Waals surface area (Å²) < 4.78 is 6.93. The second-order valence-electron chi connectivity index (χ2n) is 7.38. The fourth-order valence-corrected chi connectivity index (χ4v) is 4.85. The summed E-state index contributed by atoms with van der Waals surface area (Å²) in [5, 5.41) is 9.91. The zero-order valence-electron chi connectivity index (χ0n) is 17.8. The number of fused-ring (bicyclic) bond motifs is 1. The quantitative estimate of drug-likeness (QED) is 0.402. The molecule has 0 aliphatic carbocycles. The van der Waals surface area contributed by atoms with Crippen molar-refractivity contribution in [3.63, 3.8) is 0 Å². The van der Waals surface area contributed by atoms with E-state index in [1.54, 1.807) is 4.90 Å². The van der Waals surface area contributed by atoms with E-state index >= 15 is 0 Å². The zero-order chi connectivity index (χ0) is 22.7. The first-order chi connectivity index (χ1) is 15.5. The maximum atomic E-state index is 13.2. The average molecular weight is 471 g/mol. The van der Waals surface area contributed by atoms with Crippen LogP contribution in [0.5, 0.6) is 0 Å². The van der Waals surface area contributed by atoms with Crippen molar-refractivity contribution in [2.24, 2.45) is 0 Å². The van der Waals surface area contributed by atoms with Crippen LogP contribution in [0, 0.1) is 0 Å². The summed E-state index contributed by atoms with van der Waals surface area (Å²) in [5.41, 5.74) is 3.02. The van der Waals surface area contributed by atoms with Crippen LogP contribution in [0.4, 0.5) is 0 Å². The molecule has 0 unspecified atom stereocenters. The number of amides is 1. The highest BCUT2D eigenvalue weighted by Crippen LogP contribution is 2.28. The van der Waals surface area contributed by atoms with Gasteiger partial charge in [-0.3, -0.25) is 4.79 Å². The minimum Gasteiger partial charge on any atom is -0.467 e. The van der Waals surface area contributed by atoms with Gasteiger partial charge in [-0.05, 0) is 42.3 Å². The first-order valence-electron chi connectivity index (χ1n) is 10.3. The normalized spacial score (nSPS) is 15.3. The first-order valence-corrected chi connectivity index (χ1v) is 11.6. The lowest BCUT2D eigenvalue weighted by molar-refractivity contribution is -0.153. The molecule has 2 heterocycles. The van der Waals surface area contributed by atoms with Gasteiger partial charge >= 0.3 is 5.97 Å². The van der Waals surface area contributed by atoms with Crippen molar-refractivity contribution in [1.82, 2.24) is 19.7 Å². The van der Waals surface area contributed by atoms with Crippen molar-refractivity contribution in [3.8, 4) is 11.4 Å². The number of nitrogens with zero attached hydrogens (tertiary/aromatic N) is 4. The summed E-state index contributed by atoms with van der Waals surface area (Å²) in [6, 6.07) is 14.6.